The van der Waals surface area contributed by atoms with Crippen LogP contribution >= 0.6 is 12.6 Å². The molecule has 0 radical (unpaired) electrons. The summed E-state index contributed by atoms with van der Waals surface area (Å²) in [7, 11) is 0. The van der Waals surface area contributed by atoms with Crippen molar-refractivity contribution in [3.05, 3.63) is 54.4 Å². The van der Waals surface area contributed by atoms with Gasteiger partial charge < -0.3 is 10.1 Å². The lowest BCUT2D eigenvalue weighted by Gasteiger charge is -2.17. The van der Waals surface area contributed by atoms with Crippen molar-refractivity contribution in [2.75, 3.05) is 17.7 Å². The van der Waals surface area contributed by atoms with Gasteiger partial charge in [-0.15, -0.1) is 0 Å². The molecule has 0 fully saturated rings. The Labute approximate surface area is 142 Å². The van der Waals surface area contributed by atoms with E-state index in [1.807, 2.05) is 36.4 Å². The normalized spacial score (nSPS) is 12.5. The van der Waals surface area contributed by atoms with E-state index in [-0.39, 0.29) is 5.91 Å². The molecule has 23 heavy (non-hydrogen) atoms. The minimum absolute atomic E-state index is 0.0972. The summed E-state index contributed by atoms with van der Waals surface area (Å²) in [4.78, 5) is 15.0. The first-order valence-electron chi connectivity index (χ1n) is 7.81. The van der Waals surface area contributed by atoms with E-state index >= 15 is 0 Å². The van der Waals surface area contributed by atoms with E-state index in [0.717, 1.165) is 48.6 Å². The van der Waals surface area contributed by atoms with Gasteiger partial charge in [0.25, 0.3) is 0 Å². The fourth-order valence-electron chi connectivity index (χ4n) is 2.17. The number of aromatic nitrogens is 1. The predicted octanol–water partition coefficient (Wildman–Crippen LogP) is 3.74. The molecule has 1 amide bonds. The van der Waals surface area contributed by atoms with Crippen LogP contribution in [0.1, 0.15) is 24.8 Å². The van der Waals surface area contributed by atoms with Crippen LogP contribution in [0.4, 0.5) is 5.69 Å². The van der Waals surface area contributed by atoms with Gasteiger partial charge in [-0.25, -0.2) is 0 Å². The number of carbonyl (C=O) groups is 1. The number of nitrogens with zero attached hydrogens (tertiary/aromatic N) is 1. The van der Waals surface area contributed by atoms with Crippen molar-refractivity contribution in [1.29, 1.82) is 0 Å². The topological polar surface area (TPSA) is 51.2 Å². The highest BCUT2D eigenvalue weighted by Gasteiger charge is 2.14. The molecule has 1 aromatic carbocycles. The number of carbonyl (C=O) groups excluding carboxylic acids is 1. The Bertz CT molecular complexity index is 579. The molecule has 0 atom stereocenters. The van der Waals surface area contributed by atoms with Crippen molar-refractivity contribution in [1.82, 2.24) is 4.98 Å². The average molecular weight is 330 g/mol. The van der Waals surface area contributed by atoms with Gasteiger partial charge in [0.2, 0.25) is 5.91 Å². The number of amides is 1. The standard InChI is InChI=1S/C13H17NO2S.C5H5N/c15-13-6-3-10-9-11(4-5-12(10)14-13)16-7-1-2-8-17;1-2-4-6-5-3-1/h4-5,9,17H,1-3,6-8H2,(H,14,15);1-5H. The molecule has 0 aliphatic carbocycles. The van der Waals surface area contributed by atoms with E-state index in [0.29, 0.717) is 6.42 Å². The number of rotatable bonds is 5. The van der Waals surface area contributed by atoms with Gasteiger partial charge in [-0.1, -0.05) is 6.07 Å². The van der Waals surface area contributed by atoms with E-state index < -0.39 is 0 Å². The molecule has 2 aromatic rings. The molecule has 1 aliphatic rings. The lowest BCUT2D eigenvalue weighted by atomic mass is 10.0. The Morgan fingerprint density at radius 2 is 1.96 bits per heavy atom. The second kappa shape index (κ2) is 9.90. The molecule has 1 aromatic heterocycles. The summed E-state index contributed by atoms with van der Waals surface area (Å²) in [5.41, 5.74) is 2.08. The van der Waals surface area contributed by atoms with Crippen LogP contribution in [0.15, 0.2) is 48.8 Å². The quantitative estimate of drug-likeness (QED) is 0.648. The zero-order chi connectivity index (χ0) is 16.3. The maximum atomic E-state index is 11.2. The van der Waals surface area contributed by atoms with Crippen LogP contribution < -0.4 is 10.1 Å². The molecule has 0 bridgehead atoms. The Balaban J connectivity index is 0.000000268. The number of fused-ring (bicyclic) bond motifs is 1. The number of hydrogen-bond acceptors (Lipinski definition) is 4. The summed E-state index contributed by atoms with van der Waals surface area (Å²) < 4.78 is 5.65. The number of ether oxygens (including phenoxy) is 1. The van der Waals surface area contributed by atoms with E-state index in [1.54, 1.807) is 12.4 Å². The highest BCUT2D eigenvalue weighted by atomic mass is 32.1. The van der Waals surface area contributed by atoms with E-state index in [4.69, 9.17) is 4.74 Å². The first-order chi connectivity index (χ1) is 11.3. The van der Waals surface area contributed by atoms with Gasteiger partial charge in [0, 0.05) is 24.5 Å². The summed E-state index contributed by atoms with van der Waals surface area (Å²) in [6, 6.07) is 11.6. The van der Waals surface area contributed by atoms with Gasteiger partial charge in [0.15, 0.2) is 0 Å². The monoisotopic (exact) mass is 330 g/mol. The van der Waals surface area contributed by atoms with Crippen LogP contribution in [-0.4, -0.2) is 23.3 Å². The highest BCUT2D eigenvalue weighted by molar-refractivity contribution is 7.80. The molecule has 2 heterocycles. The van der Waals surface area contributed by atoms with E-state index in [9.17, 15) is 4.79 Å². The van der Waals surface area contributed by atoms with E-state index in [2.05, 4.69) is 22.9 Å². The summed E-state index contributed by atoms with van der Waals surface area (Å²) in [5, 5.41) is 2.86. The minimum atomic E-state index is 0.0972. The van der Waals surface area contributed by atoms with Crippen LogP contribution in [0.25, 0.3) is 0 Å². The molecule has 3 rings (SSSR count). The second-order valence-corrected chi connectivity index (χ2v) is 5.62. The highest BCUT2D eigenvalue weighted by Crippen LogP contribution is 2.26. The van der Waals surface area contributed by atoms with E-state index in [1.165, 1.54) is 0 Å². The van der Waals surface area contributed by atoms with Crippen molar-refractivity contribution in [3.63, 3.8) is 0 Å². The second-order valence-electron chi connectivity index (χ2n) is 5.17. The van der Waals surface area contributed by atoms with Crippen LogP contribution in [0, 0.1) is 0 Å². The lowest BCUT2D eigenvalue weighted by molar-refractivity contribution is -0.116. The number of aryl methyl sites for hydroxylation is 1. The molecule has 5 heteroatoms. The van der Waals surface area contributed by atoms with Crippen molar-refractivity contribution in [3.8, 4) is 5.75 Å². The van der Waals surface area contributed by atoms with Crippen LogP contribution in [0.5, 0.6) is 5.75 Å². The minimum Gasteiger partial charge on any atom is -0.494 e. The molecular weight excluding hydrogens is 308 g/mol. The van der Waals surface area contributed by atoms with Crippen LogP contribution in [0.2, 0.25) is 0 Å². The third-order valence-corrected chi connectivity index (χ3v) is 3.68. The number of benzene rings is 1. The zero-order valence-electron chi connectivity index (χ0n) is 13.1. The van der Waals surface area contributed by atoms with Crippen molar-refractivity contribution in [2.24, 2.45) is 0 Å². The largest absolute Gasteiger partial charge is 0.494 e. The van der Waals surface area contributed by atoms with Crippen molar-refractivity contribution >= 4 is 24.2 Å². The average Bonchev–Trinajstić information content (AvgIpc) is 2.61. The third-order valence-electron chi connectivity index (χ3n) is 3.36. The molecule has 0 unspecified atom stereocenters. The third kappa shape index (κ3) is 6.32. The fourth-order valence-corrected chi connectivity index (χ4v) is 2.39. The first-order valence-corrected chi connectivity index (χ1v) is 8.44. The number of pyridine rings is 1. The number of nitrogens with one attached hydrogen (secondary N) is 1. The smallest absolute Gasteiger partial charge is 0.224 e. The van der Waals surface area contributed by atoms with Gasteiger partial charge in [-0.3, -0.25) is 9.78 Å². The first kappa shape index (κ1) is 17.3. The maximum absolute atomic E-state index is 11.2. The van der Waals surface area contributed by atoms with Gasteiger partial charge in [-0.2, -0.15) is 12.6 Å². The van der Waals surface area contributed by atoms with Crippen LogP contribution in [-0.2, 0) is 11.2 Å². The predicted molar refractivity (Wildman–Crippen MR) is 96.2 cm³/mol. The maximum Gasteiger partial charge on any atom is 0.224 e. The molecular formula is C18H22N2O2S. The van der Waals surface area contributed by atoms with Gasteiger partial charge >= 0.3 is 0 Å². The van der Waals surface area contributed by atoms with Crippen molar-refractivity contribution in [2.45, 2.75) is 25.7 Å². The van der Waals surface area contributed by atoms with Crippen molar-refractivity contribution < 1.29 is 9.53 Å². The molecule has 0 saturated heterocycles. The SMILES string of the molecule is O=C1CCc2cc(OCCCCS)ccc2N1.c1ccncc1. The number of anilines is 1. The molecule has 4 nitrogen and oxygen atoms in total. The Morgan fingerprint density at radius 3 is 2.61 bits per heavy atom. The Kier molecular flexibility index (Phi) is 7.46. The molecule has 122 valence electrons. The lowest BCUT2D eigenvalue weighted by Crippen LogP contribution is -2.18. The Hall–Kier alpha value is -2.01. The van der Waals surface area contributed by atoms with Gasteiger partial charge in [0.1, 0.15) is 5.75 Å². The van der Waals surface area contributed by atoms with Gasteiger partial charge in [-0.05, 0) is 60.9 Å². The summed E-state index contributed by atoms with van der Waals surface area (Å²) >= 11 is 4.16. The number of unbranched alkanes of at least 4 members (excludes halogenated alkanes) is 1. The summed E-state index contributed by atoms with van der Waals surface area (Å²) in [6.07, 6.45) is 6.96. The molecule has 0 saturated carbocycles. The number of thiol groups is 1. The molecule has 0 spiro atoms. The Morgan fingerprint density at radius 1 is 1.13 bits per heavy atom. The summed E-state index contributed by atoms with van der Waals surface area (Å²) in [5.74, 6) is 1.89. The number of hydrogen-bond donors (Lipinski definition) is 2. The molecule has 1 N–H and O–H groups in total. The van der Waals surface area contributed by atoms with Crippen LogP contribution in [0.3, 0.4) is 0 Å². The molecule has 1 aliphatic heterocycles. The zero-order valence-corrected chi connectivity index (χ0v) is 14.0. The summed E-state index contributed by atoms with van der Waals surface area (Å²) in [6.45, 7) is 0.728. The fraction of sp³-hybridized carbons (Fsp3) is 0.333. The van der Waals surface area contributed by atoms with Gasteiger partial charge in [0.05, 0.1) is 6.61 Å².